The summed E-state index contributed by atoms with van der Waals surface area (Å²) in [5.41, 5.74) is 2.26. The van der Waals surface area contributed by atoms with Gasteiger partial charge in [-0.05, 0) is 62.2 Å². The average Bonchev–Trinajstić information content (AvgIpc) is 3.23. The minimum Gasteiger partial charge on any atom is -0.340 e. The maximum Gasteiger partial charge on any atom is 0.251 e. The van der Waals surface area contributed by atoms with E-state index >= 15 is 0 Å². The van der Waals surface area contributed by atoms with E-state index in [2.05, 4.69) is 25.2 Å². The fourth-order valence-corrected chi connectivity index (χ4v) is 4.13. The van der Waals surface area contributed by atoms with Gasteiger partial charge in [0.1, 0.15) is 6.04 Å². The van der Waals surface area contributed by atoms with Crippen LogP contribution in [0.1, 0.15) is 47.3 Å². The molecule has 0 fully saturated rings. The molecule has 0 saturated heterocycles. The molecule has 3 aromatic rings. The number of pyridine rings is 1. The van der Waals surface area contributed by atoms with E-state index in [1.54, 1.807) is 44.4 Å². The lowest BCUT2D eigenvalue weighted by molar-refractivity contribution is 0.0913. The van der Waals surface area contributed by atoms with Crippen LogP contribution in [0.3, 0.4) is 0 Å². The van der Waals surface area contributed by atoms with Crippen LogP contribution >= 0.6 is 0 Å². The molecule has 1 atom stereocenters. The van der Waals surface area contributed by atoms with Crippen molar-refractivity contribution in [1.29, 1.82) is 0 Å². The van der Waals surface area contributed by atoms with Crippen LogP contribution < -0.4 is 10.0 Å². The molecule has 2 aromatic heterocycles. The van der Waals surface area contributed by atoms with E-state index in [4.69, 9.17) is 4.52 Å². The van der Waals surface area contributed by atoms with Crippen LogP contribution in [-0.4, -0.2) is 36.5 Å². The molecule has 0 aliphatic rings. The van der Waals surface area contributed by atoms with Gasteiger partial charge in [-0.1, -0.05) is 19.0 Å². The number of hydrogen-bond donors (Lipinski definition) is 2. The fraction of sp³-hybridized carbons (Fsp3) is 0.333. The van der Waals surface area contributed by atoms with Crippen LogP contribution in [0.25, 0.3) is 11.4 Å². The Balaban J connectivity index is 1.91. The highest BCUT2D eigenvalue weighted by molar-refractivity contribution is 7.89. The molecule has 1 unspecified atom stereocenters. The number of carbonyl (C=O) groups excluding carboxylic acids is 1. The first-order valence-corrected chi connectivity index (χ1v) is 11.2. The molecule has 3 rings (SSSR count). The molecule has 0 aliphatic heterocycles. The number of amides is 1. The lowest BCUT2D eigenvalue weighted by Crippen LogP contribution is -2.32. The minimum absolute atomic E-state index is 0.0539. The van der Waals surface area contributed by atoms with E-state index in [1.807, 2.05) is 13.8 Å². The summed E-state index contributed by atoms with van der Waals surface area (Å²) < 4.78 is 32.4. The highest BCUT2D eigenvalue weighted by Crippen LogP contribution is 2.25. The van der Waals surface area contributed by atoms with Crippen LogP contribution in [0.5, 0.6) is 0 Å². The number of nitrogens with one attached hydrogen (secondary N) is 2. The van der Waals surface area contributed by atoms with Gasteiger partial charge < -0.3 is 9.84 Å². The van der Waals surface area contributed by atoms with E-state index in [-0.39, 0.29) is 22.3 Å². The van der Waals surface area contributed by atoms with Crippen molar-refractivity contribution < 1.29 is 17.7 Å². The molecule has 1 aromatic carbocycles. The summed E-state index contributed by atoms with van der Waals surface area (Å²) in [6, 6.07) is 6.00. The molecule has 0 aliphatic carbocycles. The molecule has 0 spiro atoms. The summed E-state index contributed by atoms with van der Waals surface area (Å²) in [6.07, 6.45) is 3.26. The van der Waals surface area contributed by atoms with Gasteiger partial charge in [0.05, 0.1) is 4.90 Å². The second-order valence-corrected chi connectivity index (χ2v) is 9.37. The second-order valence-electron chi connectivity index (χ2n) is 7.51. The molecule has 2 N–H and O–H groups in total. The van der Waals surface area contributed by atoms with Gasteiger partial charge in [-0.3, -0.25) is 9.78 Å². The Morgan fingerprint density at radius 1 is 1.13 bits per heavy atom. The molecular formula is C21H25N5O4S. The molecule has 0 saturated carbocycles. The highest BCUT2D eigenvalue weighted by atomic mass is 32.2. The number of sulfonamides is 1. The topological polar surface area (TPSA) is 127 Å². The minimum atomic E-state index is -3.71. The third kappa shape index (κ3) is 4.80. The van der Waals surface area contributed by atoms with Crippen LogP contribution in [0, 0.1) is 19.8 Å². The van der Waals surface area contributed by atoms with Gasteiger partial charge in [-0.15, -0.1) is 0 Å². The maximum atomic E-state index is 13.0. The Kier molecular flexibility index (Phi) is 6.51. The molecule has 0 radical (unpaired) electrons. The van der Waals surface area contributed by atoms with Gasteiger partial charge in [-0.2, -0.15) is 4.98 Å². The number of benzene rings is 1. The quantitative estimate of drug-likeness (QED) is 0.575. The first kappa shape index (κ1) is 22.6. The molecule has 0 bridgehead atoms. The number of nitrogens with zero attached hydrogens (tertiary/aromatic N) is 3. The van der Waals surface area contributed by atoms with E-state index in [1.165, 1.54) is 13.1 Å². The van der Waals surface area contributed by atoms with Crippen molar-refractivity contribution in [1.82, 2.24) is 25.2 Å². The Bertz CT molecular complexity index is 1190. The van der Waals surface area contributed by atoms with E-state index in [0.717, 1.165) is 5.56 Å². The van der Waals surface area contributed by atoms with Crippen molar-refractivity contribution in [2.45, 2.75) is 38.6 Å². The molecular weight excluding hydrogens is 418 g/mol. The van der Waals surface area contributed by atoms with Gasteiger partial charge in [-0.25, -0.2) is 13.1 Å². The van der Waals surface area contributed by atoms with Gasteiger partial charge >= 0.3 is 0 Å². The zero-order valence-corrected chi connectivity index (χ0v) is 18.8. The Labute approximate surface area is 181 Å². The smallest absolute Gasteiger partial charge is 0.251 e. The van der Waals surface area contributed by atoms with E-state index in [0.29, 0.717) is 17.0 Å². The van der Waals surface area contributed by atoms with Crippen LogP contribution in [0.2, 0.25) is 0 Å². The van der Waals surface area contributed by atoms with E-state index in [9.17, 15) is 13.2 Å². The van der Waals surface area contributed by atoms with E-state index < -0.39 is 22.0 Å². The Morgan fingerprint density at radius 3 is 2.42 bits per heavy atom. The van der Waals surface area contributed by atoms with Gasteiger partial charge in [0, 0.05) is 23.5 Å². The Hall–Kier alpha value is -3.11. The number of aromatic nitrogens is 3. The third-order valence-electron chi connectivity index (χ3n) is 5.04. The average molecular weight is 444 g/mol. The van der Waals surface area contributed by atoms with Gasteiger partial charge in [0.2, 0.25) is 21.7 Å². The molecule has 1 amide bonds. The standard InChI is InChI=1S/C21H25N5O4S/c1-12(2)18(21-25-19(26-30-21)15-6-8-23-9-7-15)24-20(27)16-10-13(3)14(4)17(11-16)31(28,29)22-5/h6-12,18,22H,1-5H3,(H,24,27). The molecule has 2 heterocycles. The summed E-state index contributed by atoms with van der Waals surface area (Å²) in [6.45, 7) is 7.30. The summed E-state index contributed by atoms with van der Waals surface area (Å²) >= 11 is 0. The third-order valence-corrected chi connectivity index (χ3v) is 6.58. The predicted octanol–water partition coefficient (Wildman–Crippen LogP) is 2.78. The van der Waals surface area contributed by atoms with Crippen molar-refractivity contribution in [3.8, 4) is 11.4 Å². The SMILES string of the molecule is CNS(=O)(=O)c1cc(C(=O)NC(c2nc(-c3ccncc3)no2)C(C)C)cc(C)c1C. The summed E-state index contributed by atoms with van der Waals surface area (Å²) in [5, 5.41) is 6.89. The predicted molar refractivity (Wildman–Crippen MR) is 115 cm³/mol. The van der Waals surface area contributed by atoms with Crippen molar-refractivity contribution in [3.63, 3.8) is 0 Å². The van der Waals surface area contributed by atoms with Crippen molar-refractivity contribution in [2.24, 2.45) is 5.92 Å². The fourth-order valence-electron chi connectivity index (χ4n) is 3.07. The number of rotatable bonds is 7. The Morgan fingerprint density at radius 2 is 1.81 bits per heavy atom. The largest absolute Gasteiger partial charge is 0.340 e. The van der Waals surface area contributed by atoms with Crippen LogP contribution in [0.4, 0.5) is 0 Å². The van der Waals surface area contributed by atoms with Crippen molar-refractivity contribution >= 4 is 15.9 Å². The zero-order valence-electron chi connectivity index (χ0n) is 18.0. The summed E-state index contributed by atoms with van der Waals surface area (Å²) in [4.78, 5) is 21.5. The molecule has 31 heavy (non-hydrogen) atoms. The lowest BCUT2D eigenvalue weighted by atomic mass is 10.0. The molecule has 10 heteroatoms. The lowest BCUT2D eigenvalue weighted by Gasteiger charge is -2.19. The summed E-state index contributed by atoms with van der Waals surface area (Å²) in [7, 11) is -2.37. The number of carbonyl (C=O) groups is 1. The summed E-state index contributed by atoms with van der Waals surface area (Å²) in [5.74, 6) is 0.174. The molecule has 164 valence electrons. The maximum absolute atomic E-state index is 13.0. The van der Waals surface area contributed by atoms with Crippen LogP contribution in [-0.2, 0) is 10.0 Å². The monoisotopic (exact) mass is 443 g/mol. The van der Waals surface area contributed by atoms with Gasteiger partial charge in [0.15, 0.2) is 0 Å². The zero-order chi connectivity index (χ0) is 22.8. The molecule has 9 nitrogen and oxygen atoms in total. The first-order valence-electron chi connectivity index (χ1n) is 9.73. The van der Waals surface area contributed by atoms with Gasteiger partial charge in [0.25, 0.3) is 5.91 Å². The first-order chi connectivity index (χ1) is 14.6. The van der Waals surface area contributed by atoms with Crippen molar-refractivity contribution in [3.05, 3.63) is 59.2 Å². The number of aryl methyl sites for hydroxylation is 1. The van der Waals surface area contributed by atoms with Crippen LogP contribution in [0.15, 0.2) is 46.1 Å². The normalized spacial score (nSPS) is 12.7. The highest BCUT2D eigenvalue weighted by Gasteiger charge is 2.27. The van der Waals surface area contributed by atoms with Crippen molar-refractivity contribution in [2.75, 3.05) is 7.05 Å². The number of hydrogen-bond acceptors (Lipinski definition) is 7. The second kappa shape index (κ2) is 8.94.